The highest BCUT2D eigenvalue weighted by Crippen LogP contribution is 2.30. The maximum Gasteiger partial charge on any atom is 0.343 e. The number of hydrogen-bond donors (Lipinski definition) is 0. The summed E-state index contributed by atoms with van der Waals surface area (Å²) >= 11 is 0. The topological polar surface area (TPSA) is 57.7 Å². The van der Waals surface area contributed by atoms with Crippen LogP contribution in [0, 0.1) is 0 Å². The summed E-state index contributed by atoms with van der Waals surface area (Å²) in [5.74, 6) is 0.984. The third kappa shape index (κ3) is 4.98. The molecule has 0 saturated heterocycles. The molecule has 2 aromatic carbocycles. The average molecular weight is 375 g/mol. The van der Waals surface area contributed by atoms with Gasteiger partial charge in [0.2, 0.25) is 0 Å². The second-order valence-electron chi connectivity index (χ2n) is 5.85. The number of rotatable bonds is 7. The molecule has 0 aliphatic heterocycles. The Morgan fingerprint density at radius 1 is 1.00 bits per heavy atom. The molecule has 0 aliphatic rings. The fourth-order valence-electron chi connectivity index (χ4n) is 2.55. The van der Waals surface area contributed by atoms with Crippen molar-refractivity contribution >= 4 is 18.1 Å². The van der Waals surface area contributed by atoms with Gasteiger partial charge in [0.05, 0.1) is 25.0 Å². The minimum atomic E-state index is -0.475. The fraction of sp³-hybridized carbons (Fsp3) is 0.130. The summed E-state index contributed by atoms with van der Waals surface area (Å²) in [5.41, 5.74) is 2.17. The molecular weight excluding hydrogens is 354 g/mol. The van der Waals surface area contributed by atoms with E-state index in [1.165, 1.54) is 0 Å². The lowest BCUT2D eigenvalue weighted by atomic mass is 10.1. The van der Waals surface area contributed by atoms with Gasteiger partial charge >= 0.3 is 5.97 Å². The first-order chi connectivity index (χ1) is 13.7. The fourth-order valence-corrected chi connectivity index (χ4v) is 2.55. The van der Waals surface area contributed by atoms with Crippen LogP contribution in [0.5, 0.6) is 17.2 Å². The van der Waals surface area contributed by atoms with Crippen molar-refractivity contribution in [1.82, 2.24) is 4.98 Å². The summed E-state index contributed by atoms with van der Waals surface area (Å²) in [6.45, 7) is 2.33. The highest BCUT2D eigenvalue weighted by Gasteiger charge is 2.13. The third-order valence-electron chi connectivity index (χ3n) is 3.91. The average Bonchev–Trinajstić information content (AvgIpc) is 2.74. The van der Waals surface area contributed by atoms with Crippen LogP contribution >= 0.6 is 0 Å². The molecule has 0 spiro atoms. The molecule has 0 fully saturated rings. The lowest BCUT2D eigenvalue weighted by Crippen LogP contribution is -2.10. The highest BCUT2D eigenvalue weighted by atomic mass is 16.6. The van der Waals surface area contributed by atoms with Crippen molar-refractivity contribution in [2.75, 3.05) is 13.7 Å². The molecule has 0 atom stereocenters. The molecule has 3 aromatic rings. The van der Waals surface area contributed by atoms with Gasteiger partial charge in [-0.2, -0.15) is 0 Å². The number of aromatic nitrogens is 1. The molecule has 142 valence electrons. The molecule has 1 heterocycles. The molecule has 0 aliphatic carbocycles. The molecule has 0 amide bonds. The summed E-state index contributed by atoms with van der Waals surface area (Å²) < 4.78 is 16.4. The molecule has 0 N–H and O–H groups in total. The largest absolute Gasteiger partial charge is 0.497 e. The molecule has 0 saturated carbocycles. The standard InChI is InChI=1S/C23H21NO4/c1-3-27-22-15-17(10-12-19-8-4-5-14-24-19)11-13-21(22)28-23(25)18-7-6-9-20(16-18)26-2/h4-16H,3H2,1-2H3/b12-10+. The zero-order valence-electron chi connectivity index (χ0n) is 15.8. The molecule has 1 aromatic heterocycles. The Morgan fingerprint density at radius 3 is 2.64 bits per heavy atom. The number of carbonyl (C=O) groups excluding carboxylic acids is 1. The Bertz CT molecular complexity index is 967. The van der Waals surface area contributed by atoms with Gasteiger partial charge in [-0.1, -0.05) is 24.3 Å². The van der Waals surface area contributed by atoms with Gasteiger partial charge in [-0.3, -0.25) is 4.98 Å². The SMILES string of the molecule is CCOc1cc(/C=C/c2ccccn2)ccc1OC(=O)c1cccc(OC)c1. The molecular formula is C23H21NO4. The van der Waals surface area contributed by atoms with Gasteiger partial charge < -0.3 is 14.2 Å². The van der Waals surface area contributed by atoms with Gasteiger partial charge in [0.25, 0.3) is 0 Å². The first-order valence-corrected chi connectivity index (χ1v) is 8.92. The number of esters is 1. The van der Waals surface area contributed by atoms with Crippen molar-refractivity contribution in [3.8, 4) is 17.2 Å². The highest BCUT2D eigenvalue weighted by molar-refractivity contribution is 5.91. The number of hydrogen-bond acceptors (Lipinski definition) is 5. The number of pyridine rings is 1. The van der Waals surface area contributed by atoms with Gasteiger partial charge in [-0.15, -0.1) is 0 Å². The smallest absolute Gasteiger partial charge is 0.343 e. The van der Waals surface area contributed by atoms with E-state index in [9.17, 15) is 4.79 Å². The Labute approximate surface area is 164 Å². The van der Waals surface area contributed by atoms with Gasteiger partial charge in [0.15, 0.2) is 11.5 Å². The van der Waals surface area contributed by atoms with E-state index in [2.05, 4.69) is 4.98 Å². The van der Waals surface area contributed by atoms with Crippen LogP contribution in [0.15, 0.2) is 66.9 Å². The van der Waals surface area contributed by atoms with Crippen molar-refractivity contribution in [3.63, 3.8) is 0 Å². The van der Waals surface area contributed by atoms with Gasteiger partial charge in [0.1, 0.15) is 5.75 Å². The van der Waals surface area contributed by atoms with Crippen molar-refractivity contribution < 1.29 is 19.0 Å². The van der Waals surface area contributed by atoms with Crippen LogP contribution in [0.4, 0.5) is 0 Å². The molecule has 3 rings (SSSR count). The zero-order chi connectivity index (χ0) is 19.8. The number of benzene rings is 2. The van der Waals surface area contributed by atoms with Crippen molar-refractivity contribution in [2.24, 2.45) is 0 Å². The second kappa shape index (κ2) is 9.37. The summed E-state index contributed by atoms with van der Waals surface area (Å²) in [6, 6.07) is 17.9. The number of ether oxygens (including phenoxy) is 3. The first-order valence-electron chi connectivity index (χ1n) is 8.92. The van der Waals surface area contributed by atoms with E-state index in [4.69, 9.17) is 14.2 Å². The van der Waals surface area contributed by atoms with Crippen molar-refractivity contribution in [2.45, 2.75) is 6.92 Å². The summed E-state index contributed by atoms with van der Waals surface area (Å²) in [4.78, 5) is 16.7. The molecule has 0 radical (unpaired) electrons. The summed E-state index contributed by atoms with van der Waals surface area (Å²) in [7, 11) is 1.55. The van der Waals surface area contributed by atoms with Gasteiger partial charge in [-0.05, 0) is 61.0 Å². The minimum Gasteiger partial charge on any atom is -0.497 e. The number of carbonyl (C=O) groups is 1. The first kappa shape index (κ1) is 19.2. The second-order valence-corrected chi connectivity index (χ2v) is 5.85. The molecule has 5 heteroatoms. The molecule has 28 heavy (non-hydrogen) atoms. The van der Waals surface area contributed by atoms with E-state index in [1.807, 2.05) is 49.4 Å². The Kier molecular flexibility index (Phi) is 6.41. The maximum absolute atomic E-state index is 12.5. The summed E-state index contributed by atoms with van der Waals surface area (Å²) in [5, 5.41) is 0. The Balaban J connectivity index is 1.80. The minimum absolute atomic E-state index is 0.365. The normalized spacial score (nSPS) is 10.6. The van der Waals surface area contributed by atoms with E-state index in [-0.39, 0.29) is 0 Å². The number of methoxy groups -OCH3 is 1. The van der Waals surface area contributed by atoms with Gasteiger partial charge in [-0.25, -0.2) is 4.79 Å². The van der Waals surface area contributed by atoms with Crippen molar-refractivity contribution in [3.05, 3.63) is 83.7 Å². The third-order valence-corrected chi connectivity index (χ3v) is 3.91. The number of nitrogens with zero attached hydrogens (tertiary/aromatic N) is 1. The van der Waals surface area contributed by atoms with Crippen molar-refractivity contribution in [1.29, 1.82) is 0 Å². The summed E-state index contributed by atoms with van der Waals surface area (Å²) in [6.07, 6.45) is 5.58. The van der Waals surface area contributed by atoms with Crippen LogP contribution in [-0.2, 0) is 0 Å². The van der Waals surface area contributed by atoms with Crippen LogP contribution in [-0.4, -0.2) is 24.7 Å². The van der Waals surface area contributed by atoms with Crippen LogP contribution in [0.25, 0.3) is 12.2 Å². The zero-order valence-corrected chi connectivity index (χ0v) is 15.8. The van der Waals surface area contributed by atoms with E-state index in [0.717, 1.165) is 11.3 Å². The van der Waals surface area contributed by atoms with E-state index >= 15 is 0 Å². The van der Waals surface area contributed by atoms with Crippen LogP contribution in [0.3, 0.4) is 0 Å². The predicted octanol–water partition coefficient (Wildman–Crippen LogP) is 4.88. The lowest BCUT2D eigenvalue weighted by molar-refractivity contribution is 0.0728. The van der Waals surface area contributed by atoms with Crippen LogP contribution in [0.1, 0.15) is 28.5 Å². The maximum atomic E-state index is 12.5. The van der Waals surface area contributed by atoms with E-state index in [0.29, 0.717) is 29.4 Å². The quantitative estimate of drug-likeness (QED) is 0.435. The Morgan fingerprint density at radius 2 is 1.89 bits per heavy atom. The molecule has 5 nitrogen and oxygen atoms in total. The predicted molar refractivity (Wildman–Crippen MR) is 109 cm³/mol. The Hall–Kier alpha value is -3.60. The van der Waals surface area contributed by atoms with Crippen LogP contribution in [0.2, 0.25) is 0 Å². The lowest BCUT2D eigenvalue weighted by Gasteiger charge is -2.12. The van der Waals surface area contributed by atoms with Gasteiger partial charge in [0, 0.05) is 6.20 Å². The molecule has 0 unspecified atom stereocenters. The monoisotopic (exact) mass is 375 g/mol. The van der Waals surface area contributed by atoms with E-state index in [1.54, 1.807) is 43.6 Å². The van der Waals surface area contributed by atoms with E-state index < -0.39 is 5.97 Å². The molecule has 0 bridgehead atoms. The van der Waals surface area contributed by atoms with Crippen LogP contribution < -0.4 is 14.2 Å².